The molecule has 0 fully saturated rings. The lowest BCUT2D eigenvalue weighted by atomic mass is 10.1. The van der Waals surface area contributed by atoms with Gasteiger partial charge in [-0.05, 0) is 49.3 Å². The highest BCUT2D eigenvalue weighted by atomic mass is 35.5. The molecule has 0 saturated heterocycles. The van der Waals surface area contributed by atoms with E-state index in [1.165, 1.54) is 30.5 Å². The molecule has 0 aliphatic carbocycles. The van der Waals surface area contributed by atoms with Gasteiger partial charge in [-0.2, -0.15) is 12.8 Å². The van der Waals surface area contributed by atoms with Crippen LogP contribution >= 0.6 is 11.6 Å². The third-order valence-corrected chi connectivity index (χ3v) is 4.47. The second-order valence-corrected chi connectivity index (χ2v) is 6.48. The summed E-state index contributed by atoms with van der Waals surface area (Å²) >= 11 is 5.88. The van der Waals surface area contributed by atoms with E-state index in [0.29, 0.717) is 10.6 Å². The zero-order chi connectivity index (χ0) is 15.6. The van der Waals surface area contributed by atoms with Crippen LogP contribution in [0.3, 0.4) is 0 Å². The Balaban J connectivity index is 2.54. The van der Waals surface area contributed by atoms with Gasteiger partial charge in [0.1, 0.15) is 11.4 Å². The van der Waals surface area contributed by atoms with E-state index in [0.717, 1.165) is 5.57 Å². The van der Waals surface area contributed by atoms with Crippen molar-refractivity contribution in [2.45, 2.75) is 18.7 Å². The van der Waals surface area contributed by atoms with E-state index in [1.54, 1.807) is 13.8 Å². The van der Waals surface area contributed by atoms with Crippen molar-refractivity contribution in [3.05, 3.63) is 51.5 Å². The number of halogens is 1. The van der Waals surface area contributed by atoms with Gasteiger partial charge in [0, 0.05) is 11.2 Å². The average molecular weight is 321 g/mol. The molecule has 1 aliphatic rings. The molecule has 0 bridgehead atoms. The first-order chi connectivity index (χ1) is 9.83. The predicted octanol–water partition coefficient (Wildman–Crippen LogP) is 2.93. The van der Waals surface area contributed by atoms with E-state index in [1.807, 2.05) is 5.87 Å². The Kier molecular flexibility index (Phi) is 4.23. The summed E-state index contributed by atoms with van der Waals surface area (Å²) in [7, 11) is -3.93. The number of hydrogen-bond acceptors (Lipinski definition) is 3. The van der Waals surface area contributed by atoms with Crippen LogP contribution < -0.4 is 0 Å². The summed E-state index contributed by atoms with van der Waals surface area (Å²) in [6, 6.07) is 4.32. The Bertz CT molecular complexity index is 845. The van der Waals surface area contributed by atoms with E-state index in [-0.39, 0.29) is 16.3 Å². The van der Waals surface area contributed by atoms with Gasteiger partial charge < -0.3 is 5.41 Å². The van der Waals surface area contributed by atoms with Gasteiger partial charge in [-0.3, -0.25) is 0 Å². The fourth-order valence-electron chi connectivity index (χ4n) is 1.67. The Morgan fingerprint density at radius 3 is 2.67 bits per heavy atom. The van der Waals surface area contributed by atoms with Crippen LogP contribution in [-0.4, -0.2) is 26.2 Å². The van der Waals surface area contributed by atoms with Gasteiger partial charge in [0.2, 0.25) is 0 Å². The van der Waals surface area contributed by atoms with Crippen molar-refractivity contribution < 1.29 is 8.42 Å². The molecule has 0 spiro atoms. The molecule has 108 valence electrons. The average Bonchev–Trinajstić information content (AvgIpc) is 2.41. The first kappa shape index (κ1) is 15.4. The summed E-state index contributed by atoms with van der Waals surface area (Å²) in [4.78, 5) is 3.89. The van der Waals surface area contributed by atoms with Crippen molar-refractivity contribution in [2.24, 2.45) is 9.39 Å². The monoisotopic (exact) mass is 320 g/mol. The standard InChI is InChI=1S/C14H11ClN3O2S/c1-9-5-13(14(7-16)17-8-9)18-21(19,20)11-3-4-12(15)10(2)6-11/h3-6,8H,1-2H3/q-1/b18-13+. The summed E-state index contributed by atoms with van der Waals surface area (Å²) in [5, 5.41) is 9.45. The van der Waals surface area contributed by atoms with Crippen LogP contribution in [0.2, 0.25) is 5.02 Å². The number of aliphatic imine (C=N–C) groups is 1. The number of aryl methyl sites for hydroxylation is 1. The molecule has 21 heavy (non-hydrogen) atoms. The van der Waals surface area contributed by atoms with Crippen molar-refractivity contribution in [1.29, 1.82) is 0 Å². The number of allylic oxidation sites excluding steroid dienone is 2. The van der Waals surface area contributed by atoms with E-state index in [2.05, 4.69) is 9.39 Å². The molecule has 2 rings (SSSR count). The zero-order valence-corrected chi connectivity index (χ0v) is 12.9. The number of benzene rings is 1. The van der Waals surface area contributed by atoms with Gasteiger partial charge in [-0.15, -0.1) is 0 Å². The molecular formula is C14H11ClN3O2S-. The van der Waals surface area contributed by atoms with Gasteiger partial charge in [-0.1, -0.05) is 11.6 Å². The largest absolute Gasteiger partial charge is 0.761 e. The quantitative estimate of drug-likeness (QED) is 0.785. The topological polar surface area (TPSA) is 81.2 Å². The maximum absolute atomic E-state index is 12.3. The lowest BCUT2D eigenvalue weighted by molar-refractivity contribution is 0.598. The number of dihydropyridines is 1. The van der Waals surface area contributed by atoms with Crippen LogP contribution in [-0.2, 0) is 10.0 Å². The molecule has 1 aromatic rings. The Morgan fingerprint density at radius 2 is 2.05 bits per heavy atom. The van der Waals surface area contributed by atoms with Crippen molar-refractivity contribution in [2.75, 3.05) is 0 Å². The predicted molar refractivity (Wildman–Crippen MR) is 84.9 cm³/mol. The molecule has 5 nitrogen and oxygen atoms in total. The van der Waals surface area contributed by atoms with E-state index in [4.69, 9.17) is 17.0 Å². The molecule has 0 aromatic heterocycles. The van der Waals surface area contributed by atoms with Crippen molar-refractivity contribution >= 4 is 39.4 Å². The lowest BCUT2D eigenvalue weighted by Crippen LogP contribution is -2.09. The molecule has 0 unspecified atom stereocenters. The van der Waals surface area contributed by atoms with Crippen LogP contribution in [0.25, 0.3) is 5.41 Å². The van der Waals surface area contributed by atoms with Crippen molar-refractivity contribution in [3.63, 3.8) is 0 Å². The maximum atomic E-state index is 12.3. The van der Waals surface area contributed by atoms with Gasteiger partial charge in [0.25, 0.3) is 10.0 Å². The minimum Gasteiger partial charge on any atom is -0.761 e. The van der Waals surface area contributed by atoms with Crippen LogP contribution in [0.4, 0.5) is 0 Å². The normalized spacial score (nSPS) is 16.8. The van der Waals surface area contributed by atoms with Gasteiger partial charge in [0.15, 0.2) is 0 Å². The molecule has 1 aliphatic heterocycles. The lowest BCUT2D eigenvalue weighted by Gasteiger charge is -2.08. The molecule has 0 atom stereocenters. The number of nitrogens with zero attached hydrogens (tertiary/aromatic N) is 3. The number of rotatable bonds is 2. The SMILES string of the molecule is CC1=C/C(=N\S(=O)(=O)c2ccc(Cl)c(C)c2)C(=C=[N-])N=C1. The zero-order valence-electron chi connectivity index (χ0n) is 11.3. The first-order valence-electron chi connectivity index (χ1n) is 5.94. The van der Waals surface area contributed by atoms with E-state index in [9.17, 15) is 8.42 Å². The highest BCUT2D eigenvalue weighted by Crippen LogP contribution is 2.22. The fourth-order valence-corrected chi connectivity index (χ4v) is 2.86. The Labute approximate surface area is 128 Å². The molecule has 1 aromatic carbocycles. The second kappa shape index (κ2) is 5.77. The van der Waals surface area contributed by atoms with Gasteiger partial charge >= 0.3 is 0 Å². The fraction of sp³-hybridized carbons (Fsp3) is 0.143. The maximum Gasteiger partial charge on any atom is 0.282 e. The van der Waals surface area contributed by atoms with Crippen LogP contribution in [0.15, 0.2) is 49.8 Å². The smallest absolute Gasteiger partial charge is 0.282 e. The summed E-state index contributed by atoms with van der Waals surface area (Å²) in [6.07, 6.45) is 2.99. The molecule has 0 N–H and O–H groups in total. The van der Waals surface area contributed by atoms with Crippen LogP contribution in [0, 0.1) is 6.92 Å². The minimum atomic E-state index is -3.93. The van der Waals surface area contributed by atoms with E-state index >= 15 is 0 Å². The summed E-state index contributed by atoms with van der Waals surface area (Å²) < 4.78 is 28.3. The molecule has 0 saturated carbocycles. The van der Waals surface area contributed by atoms with Crippen molar-refractivity contribution in [1.82, 2.24) is 0 Å². The summed E-state index contributed by atoms with van der Waals surface area (Å²) in [5.41, 5.74) is 1.35. The Morgan fingerprint density at radius 1 is 1.33 bits per heavy atom. The van der Waals surface area contributed by atoms with Crippen LogP contribution in [0.1, 0.15) is 12.5 Å². The molecule has 1 heterocycles. The molecular weight excluding hydrogens is 310 g/mol. The summed E-state index contributed by atoms with van der Waals surface area (Å²) in [5.74, 6) is 1.83. The Hall–Kier alpha value is -2.01. The molecule has 0 radical (unpaired) electrons. The first-order valence-corrected chi connectivity index (χ1v) is 7.76. The van der Waals surface area contributed by atoms with Gasteiger partial charge in [-0.25, -0.2) is 10.9 Å². The third kappa shape index (κ3) is 3.36. The highest BCUT2D eigenvalue weighted by Gasteiger charge is 2.17. The highest BCUT2D eigenvalue weighted by molar-refractivity contribution is 7.90. The molecule has 7 heteroatoms. The number of sulfonamides is 1. The number of hydrogen-bond donors (Lipinski definition) is 0. The van der Waals surface area contributed by atoms with Crippen molar-refractivity contribution in [3.8, 4) is 0 Å². The molecule has 0 amide bonds. The van der Waals surface area contributed by atoms with Gasteiger partial charge in [0.05, 0.1) is 4.90 Å². The minimum absolute atomic E-state index is 0.0230. The summed E-state index contributed by atoms with van der Waals surface area (Å²) in [6.45, 7) is 3.45. The second-order valence-electron chi connectivity index (χ2n) is 4.47. The van der Waals surface area contributed by atoms with E-state index < -0.39 is 10.0 Å². The third-order valence-electron chi connectivity index (χ3n) is 2.76. The van der Waals surface area contributed by atoms with Crippen LogP contribution in [0.5, 0.6) is 0 Å².